The number of ether oxygens (including phenoxy) is 1. The van der Waals surface area contributed by atoms with E-state index in [0.717, 1.165) is 11.1 Å². The predicted octanol–water partition coefficient (Wildman–Crippen LogP) is 6.10. The molecule has 29 heavy (non-hydrogen) atoms. The highest BCUT2D eigenvalue weighted by atomic mass is 16.5. The number of carbonyl (C=O) groups is 2. The number of benzene rings is 3. The van der Waals surface area contributed by atoms with Crippen LogP contribution in [0, 0.1) is 0 Å². The summed E-state index contributed by atoms with van der Waals surface area (Å²) in [4.78, 5) is 24.5. The molecule has 0 bridgehead atoms. The van der Waals surface area contributed by atoms with Crippen molar-refractivity contribution >= 4 is 17.8 Å². The van der Waals surface area contributed by atoms with Gasteiger partial charge >= 0.3 is 5.97 Å². The summed E-state index contributed by atoms with van der Waals surface area (Å²) in [5, 5.41) is 0. The quantitative estimate of drug-likeness (QED) is 0.231. The number of rotatable bonds is 5. The monoisotopic (exact) mass is 384 g/mol. The molecule has 3 aromatic carbocycles. The van der Waals surface area contributed by atoms with Crippen LogP contribution in [0.5, 0.6) is 5.75 Å². The molecule has 0 saturated heterocycles. The molecule has 0 atom stereocenters. The number of ketones is 1. The largest absolute Gasteiger partial charge is 0.423 e. The van der Waals surface area contributed by atoms with Crippen molar-refractivity contribution in [2.45, 2.75) is 26.2 Å². The highest BCUT2D eigenvalue weighted by molar-refractivity contribution is 6.06. The highest BCUT2D eigenvalue weighted by Gasteiger charge is 2.15. The van der Waals surface area contributed by atoms with Crippen molar-refractivity contribution in [3.8, 4) is 5.75 Å². The second-order valence-corrected chi connectivity index (χ2v) is 7.85. The minimum Gasteiger partial charge on any atom is -0.423 e. The first-order valence-electron chi connectivity index (χ1n) is 9.53. The summed E-state index contributed by atoms with van der Waals surface area (Å²) < 4.78 is 5.45. The minimum atomic E-state index is -0.395. The first-order chi connectivity index (χ1) is 13.8. The third-order valence-electron chi connectivity index (χ3n) is 4.56. The summed E-state index contributed by atoms with van der Waals surface area (Å²) in [5.74, 6) is 0.00856. The van der Waals surface area contributed by atoms with Crippen molar-refractivity contribution in [3.63, 3.8) is 0 Å². The van der Waals surface area contributed by atoms with Gasteiger partial charge in [0.05, 0.1) is 5.56 Å². The molecule has 3 nitrogen and oxygen atoms in total. The van der Waals surface area contributed by atoms with Crippen LogP contribution in [0.1, 0.15) is 52.6 Å². The Balaban J connectivity index is 1.62. The molecule has 0 fully saturated rings. The van der Waals surface area contributed by atoms with E-state index in [0.29, 0.717) is 16.9 Å². The zero-order valence-corrected chi connectivity index (χ0v) is 16.9. The fourth-order valence-electron chi connectivity index (χ4n) is 2.79. The summed E-state index contributed by atoms with van der Waals surface area (Å²) in [6.45, 7) is 6.39. The first kappa shape index (κ1) is 20.3. The molecule has 0 aromatic heterocycles. The topological polar surface area (TPSA) is 43.4 Å². The molecule has 0 unspecified atom stereocenters. The fraction of sp³-hybridized carbons (Fsp3) is 0.154. The van der Waals surface area contributed by atoms with Crippen LogP contribution in [0.4, 0.5) is 0 Å². The van der Waals surface area contributed by atoms with Crippen molar-refractivity contribution in [3.05, 3.63) is 107 Å². The molecule has 0 aliphatic heterocycles. The molecule has 0 amide bonds. The summed E-state index contributed by atoms with van der Waals surface area (Å²) >= 11 is 0. The van der Waals surface area contributed by atoms with E-state index in [1.165, 1.54) is 6.08 Å². The second kappa shape index (κ2) is 8.70. The van der Waals surface area contributed by atoms with Crippen molar-refractivity contribution in [1.82, 2.24) is 0 Å². The maximum atomic E-state index is 12.4. The van der Waals surface area contributed by atoms with Gasteiger partial charge in [0.15, 0.2) is 5.78 Å². The average Bonchev–Trinajstić information content (AvgIpc) is 2.73. The van der Waals surface area contributed by atoms with E-state index in [4.69, 9.17) is 4.74 Å². The molecule has 0 heterocycles. The van der Waals surface area contributed by atoms with Crippen LogP contribution in [0.25, 0.3) is 6.08 Å². The molecular weight excluding hydrogens is 360 g/mol. The van der Waals surface area contributed by atoms with Gasteiger partial charge in [-0.1, -0.05) is 81.4 Å². The van der Waals surface area contributed by atoms with E-state index in [9.17, 15) is 9.59 Å². The fourth-order valence-corrected chi connectivity index (χ4v) is 2.79. The van der Waals surface area contributed by atoms with Crippen molar-refractivity contribution < 1.29 is 14.3 Å². The van der Waals surface area contributed by atoms with Gasteiger partial charge in [-0.05, 0) is 46.9 Å². The summed E-state index contributed by atoms with van der Waals surface area (Å²) in [7, 11) is 0. The predicted molar refractivity (Wildman–Crippen MR) is 116 cm³/mol. The van der Waals surface area contributed by atoms with Gasteiger partial charge in [0, 0.05) is 5.56 Å². The molecule has 0 aliphatic rings. The second-order valence-electron chi connectivity index (χ2n) is 7.85. The highest BCUT2D eigenvalue weighted by Crippen LogP contribution is 2.23. The number of allylic oxidation sites excluding steroid dienone is 1. The van der Waals surface area contributed by atoms with Gasteiger partial charge in [0.25, 0.3) is 0 Å². The van der Waals surface area contributed by atoms with E-state index >= 15 is 0 Å². The van der Waals surface area contributed by atoms with E-state index in [-0.39, 0.29) is 11.2 Å². The maximum Gasteiger partial charge on any atom is 0.343 e. The Labute approximate surface area is 171 Å². The molecule has 3 aromatic rings. The Kier molecular flexibility index (Phi) is 6.08. The number of esters is 1. The molecule has 3 rings (SSSR count). The summed E-state index contributed by atoms with van der Waals surface area (Å²) in [6, 6.07) is 23.6. The van der Waals surface area contributed by atoms with Crippen LogP contribution in [0.3, 0.4) is 0 Å². The lowest BCUT2D eigenvalue weighted by Crippen LogP contribution is -2.12. The van der Waals surface area contributed by atoms with Gasteiger partial charge in [-0.2, -0.15) is 0 Å². The smallest absolute Gasteiger partial charge is 0.343 e. The Bertz CT molecular complexity index is 1010. The van der Waals surface area contributed by atoms with Gasteiger partial charge in [-0.15, -0.1) is 0 Å². The Morgan fingerprint density at radius 3 is 1.97 bits per heavy atom. The maximum absolute atomic E-state index is 12.4. The third kappa shape index (κ3) is 5.52. The van der Waals surface area contributed by atoms with Crippen LogP contribution in [-0.2, 0) is 5.41 Å². The average molecular weight is 384 g/mol. The van der Waals surface area contributed by atoms with Crippen molar-refractivity contribution in [2.75, 3.05) is 0 Å². The number of carbonyl (C=O) groups excluding carboxylic acids is 2. The Morgan fingerprint density at radius 2 is 1.38 bits per heavy atom. The molecule has 0 radical (unpaired) electrons. The zero-order valence-electron chi connectivity index (χ0n) is 16.9. The third-order valence-corrected chi connectivity index (χ3v) is 4.56. The minimum absolute atomic E-state index is 0.0354. The molecule has 3 heteroatoms. The van der Waals surface area contributed by atoms with Gasteiger partial charge in [0.2, 0.25) is 0 Å². The van der Waals surface area contributed by atoms with Gasteiger partial charge < -0.3 is 4.74 Å². The number of hydrogen-bond acceptors (Lipinski definition) is 3. The van der Waals surface area contributed by atoms with Crippen LogP contribution < -0.4 is 4.74 Å². The zero-order chi connectivity index (χ0) is 20.9. The van der Waals surface area contributed by atoms with E-state index in [2.05, 4.69) is 20.8 Å². The summed E-state index contributed by atoms with van der Waals surface area (Å²) in [6.07, 6.45) is 3.28. The molecule has 146 valence electrons. The molecule has 0 aliphatic carbocycles. The van der Waals surface area contributed by atoms with Gasteiger partial charge in [0.1, 0.15) is 5.75 Å². The lowest BCUT2D eigenvalue weighted by Gasteiger charge is -2.18. The Morgan fingerprint density at radius 1 is 0.759 bits per heavy atom. The van der Waals surface area contributed by atoms with Gasteiger partial charge in [-0.3, -0.25) is 4.79 Å². The van der Waals surface area contributed by atoms with Crippen LogP contribution in [-0.4, -0.2) is 11.8 Å². The lowest BCUT2D eigenvalue weighted by atomic mass is 9.87. The van der Waals surface area contributed by atoms with E-state index in [1.807, 2.05) is 30.3 Å². The van der Waals surface area contributed by atoms with E-state index < -0.39 is 5.97 Å². The molecule has 0 saturated carbocycles. The van der Waals surface area contributed by atoms with Crippen LogP contribution in [0.2, 0.25) is 0 Å². The molecule has 0 spiro atoms. The van der Waals surface area contributed by atoms with Crippen LogP contribution >= 0.6 is 0 Å². The number of hydrogen-bond donors (Lipinski definition) is 0. The molecule has 0 N–H and O–H groups in total. The van der Waals surface area contributed by atoms with Crippen molar-refractivity contribution in [2.24, 2.45) is 0 Å². The lowest BCUT2D eigenvalue weighted by molar-refractivity contribution is 0.0734. The molecular formula is C26H24O3. The Hall–Kier alpha value is -3.46. The van der Waals surface area contributed by atoms with E-state index in [1.54, 1.807) is 54.6 Å². The van der Waals surface area contributed by atoms with Crippen molar-refractivity contribution in [1.29, 1.82) is 0 Å². The first-order valence-corrected chi connectivity index (χ1v) is 9.53. The SMILES string of the molecule is CC(C)(C)c1ccc(C(=O)Oc2ccc(/C=C/C(=O)c3ccccc3)cc2)cc1. The van der Waals surface area contributed by atoms with Crippen LogP contribution in [0.15, 0.2) is 84.9 Å². The van der Waals surface area contributed by atoms with Gasteiger partial charge in [-0.25, -0.2) is 4.79 Å². The standard InChI is InChI=1S/C26H24O3/c1-26(2,3)22-14-12-21(13-15-22)25(28)29-23-16-9-19(10-17-23)11-18-24(27)20-7-5-4-6-8-20/h4-18H,1-3H3/b18-11+. The normalized spacial score (nSPS) is 11.4. The summed E-state index contributed by atoms with van der Waals surface area (Å²) in [5.41, 5.74) is 3.20.